The number of ether oxygens (including phenoxy) is 1. The van der Waals surface area contributed by atoms with Gasteiger partial charge in [-0.05, 0) is 25.8 Å². The molecule has 0 saturated carbocycles. The van der Waals surface area contributed by atoms with E-state index in [0.29, 0.717) is 16.8 Å². The van der Waals surface area contributed by atoms with E-state index in [4.69, 9.17) is 4.74 Å². The van der Waals surface area contributed by atoms with Crippen LogP contribution in [0.4, 0.5) is 0 Å². The van der Waals surface area contributed by atoms with Gasteiger partial charge in [-0.15, -0.1) is 11.3 Å². The molecular weight excluding hydrogens is 336 g/mol. The first kappa shape index (κ1) is 17.4. The van der Waals surface area contributed by atoms with Crippen molar-refractivity contribution in [2.45, 2.75) is 33.2 Å². The van der Waals surface area contributed by atoms with E-state index in [1.165, 1.54) is 22.2 Å². The van der Waals surface area contributed by atoms with Crippen molar-refractivity contribution >= 4 is 27.5 Å². The molecule has 0 amide bonds. The Hall–Kier alpha value is -2.47. The second-order valence-electron chi connectivity index (χ2n) is 5.88. The summed E-state index contributed by atoms with van der Waals surface area (Å²) in [5.74, 6) is -0.418. The number of rotatable bonds is 5. The lowest BCUT2D eigenvalue weighted by molar-refractivity contribution is -0.147. The van der Waals surface area contributed by atoms with Crippen LogP contribution in [0.1, 0.15) is 31.2 Å². The Bertz CT molecular complexity index is 960. The van der Waals surface area contributed by atoms with Crippen LogP contribution in [-0.2, 0) is 9.53 Å². The lowest BCUT2D eigenvalue weighted by Crippen LogP contribution is -2.29. The van der Waals surface area contributed by atoms with Crippen LogP contribution in [0.25, 0.3) is 21.3 Å². The second-order valence-corrected chi connectivity index (χ2v) is 7.08. The van der Waals surface area contributed by atoms with Crippen LogP contribution in [0, 0.1) is 6.92 Å². The van der Waals surface area contributed by atoms with Crippen molar-refractivity contribution < 1.29 is 9.53 Å². The molecule has 130 valence electrons. The van der Waals surface area contributed by atoms with Crippen LogP contribution in [0.2, 0.25) is 0 Å². The number of esters is 1. The maximum Gasteiger partial charge on any atom is 0.328 e. The van der Waals surface area contributed by atoms with E-state index in [1.54, 1.807) is 6.92 Å². The number of hydrogen-bond donors (Lipinski definition) is 0. The van der Waals surface area contributed by atoms with Gasteiger partial charge in [-0.2, -0.15) is 0 Å². The highest BCUT2D eigenvalue weighted by molar-refractivity contribution is 7.19. The Morgan fingerprint density at radius 2 is 2.04 bits per heavy atom. The second kappa shape index (κ2) is 7.19. The molecule has 0 aliphatic heterocycles. The van der Waals surface area contributed by atoms with Crippen LogP contribution >= 0.6 is 11.3 Å². The average Bonchev–Trinajstić information content (AvgIpc) is 2.97. The monoisotopic (exact) mass is 356 g/mol. The van der Waals surface area contributed by atoms with E-state index >= 15 is 0 Å². The number of nitrogens with zero attached hydrogens (tertiary/aromatic N) is 2. The van der Waals surface area contributed by atoms with E-state index in [2.05, 4.69) is 4.98 Å². The van der Waals surface area contributed by atoms with Gasteiger partial charge in [0.2, 0.25) is 0 Å². The summed E-state index contributed by atoms with van der Waals surface area (Å²) in [7, 11) is 0. The van der Waals surface area contributed by atoms with E-state index < -0.39 is 12.0 Å². The van der Waals surface area contributed by atoms with Crippen molar-refractivity contribution in [3.8, 4) is 11.1 Å². The van der Waals surface area contributed by atoms with E-state index in [9.17, 15) is 9.59 Å². The van der Waals surface area contributed by atoms with Gasteiger partial charge in [-0.25, -0.2) is 9.78 Å². The molecule has 3 aromatic rings. The van der Waals surface area contributed by atoms with Gasteiger partial charge in [0, 0.05) is 10.4 Å². The Morgan fingerprint density at radius 1 is 1.32 bits per heavy atom. The SMILES string of the molecule is CCCOC(=O)[C@H](C)n1cnc2sc(C)c(-c3ccccc3)c2c1=O. The fraction of sp³-hybridized carbons (Fsp3) is 0.316. The van der Waals surface area contributed by atoms with Crippen LogP contribution in [0.3, 0.4) is 0 Å². The Balaban J connectivity index is 2.14. The molecule has 0 unspecified atom stereocenters. The van der Waals surface area contributed by atoms with Crippen LogP contribution < -0.4 is 5.56 Å². The van der Waals surface area contributed by atoms with Gasteiger partial charge in [0.15, 0.2) is 0 Å². The molecule has 0 aliphatic carbocycles. The summed E-state index contributed by atoms with van der Waals surface area (Å²) in [6.45, 7) is 5.92. The number of thiophene rings is 1. The quantitative estimate of drug-likeness (QED) is 0.650. The predicted molar refractivity (Wildman–Crippen MR) is 100 cm³/mol. The third-order valence-corrected chi connectivity index (χ3v) is 5.10. The summed E-state index contributed by atoms with van der Waals surface area (Å²) in [5, 5.41) is 0.561. The summed E-state index contributed by atoms with van der Waals surface area (Å²) < 4.78 is 6.53. The van der Waals surface area contributed by atoms with Crippen molar-refractivity contribution in [1.29, 1.82) is 0 Å². The molecule has 1 aromatic carbocycles. The number of carbonyl (C=O) groups excluding carboxylic acids is 1. The van der Waals surface area contributed by atoms with Crippen molar-refractivity contribution in [3.05, 3.63) is 51.9 Å². The zero-order valence-corrected chi connectivity index (χ0v) is 15.3. The molecule has 2 heterocycles. The van der Waals surface area contributed by atoms with Crippen LogP contribution in [0.15, 0.2) is 41.5 Å². The van der Waals surface area contributed by atoms with Crippen LogP contribution in [0.5, 0.6) is 0 Å². The maximum absolute atomic E-state index is 13.1. The first-order valence-corrected chi connectivity index (χ1v) is 9.08. The van der Waals surface area contributed by atoms with E-state index in [0.717, 1.165) is 22.4 Å². The number of benzene rings is 1. The minimum Gasteiger partial charge on any atom is -0.464 e. The van der Waals surface area contributed by atoms with Gasteiger partial charge in [0.05, 0.1) is 18.3 Å². The van der Waals surface area contributed by atoms with E-state index in [-0.39, 0.29) is 5.56 Å². The minimum absolute atomic E-state index is 0.214. The van der Waals surface area contributed by atoms with Gasteiger partial charge in [-0.1, -0.05) is 37.3 Å². The molecule has 0 radical (unpaired) electrons. The standard InChI is InChI=1S/C19H20N2O3S/c1-4-10-24-19(23)12(2)21-11-20-17-16(18(21)22)15(13(3)25-17)14-8-6-5-7-9-14/h5-9,11-12H,4,10H2,1-3H3/t12-/m0/s1. The van der Waals surface area contributed by atoms with Crippen molar-refractivity contribution in [2.24, 2.45) is 0 Å². The highest BCUT2D eigenvalue weighted by atomic mass is 32.1. The molecule has 0 fully saturated rings. The molecule has 3 rings (SSSR count). The van der Waals surface area contributed by atoms with Gasteiger partial charge in [-0.3, -0.25) is 9.36 Å². The normalized spacial score (nSPS) is 12.3. The fourth-order valence-electron chi connectivity index (χ4n) is 2.78. The highest BCUT2D eigenvalue weighted by Gasteiger charge is 2.22. The zero-order valence-electron chi connectivity index (χ0n) is 14.5. The molecule has 2 aromatic heterocycles. The number of hydrogen-bond acceptors (Lipinski definition) is 5. The summed E-state index contributed by atoms with van der Waals surface area (Å²) in [4.78, 5) is 31.3. The first-order valence-electron chi connectivity index (χ1n) is 8.26. The molecule has 6 heteroatoms. The third-order valence-electron chi connectivity index (χ3n) is 4.08. The third kappa shape index (κ3) is 3.22. The fourth-order valence-corrected chi connectivity index (χ4v) is 3.78. The largest absolute Gasteiger partial charge is 0.464 e. The molecule has 0 spiro atoms. The lowest BCUT2D eigenvalue weighted by atomic mass is 10.0. The Morgan fingerprint density at radius 3 is 2.72 bits per heavy atom. The van der Waals surface area contributed by atoms with Gasteiger partial charge >= 0.3 is 5.97 Å². The zero-order chi connectivity index (χ0) is 18.0. The molecule has 25 heavy (non-hydrogen) atoms. The average molecular weight is 356 g/mol. The summed E-state index contributed by atoms with van der Waals surface area (Å²) >= 11 is 1.49. The first-order chi connectivity index (χ1) is 12.0. The molecule has 5 nitrogen and oxygen atoms in total. The van der Waals surface area contributed by atoms with Gasteiger partial charge in [0.25, 0.3) is 5.56 Å². The molecule has 0 bridgehead atoms. The topological polar surface area (TPSA) is 61.2 Å². The van der Waals surface area contributed by atoms with E-state index in [1.807, 2.05) is 44.2 Å². The molecule has 1 atom stereocenters. The lowest BCUT2D eigenvalue weighted by Gasteiger charge is -2.14. The molecule has 0 aliphatic rings. The number of aromatic nitrogens is 2. The molecule has 0 saturated heterocycles. The Kier molecular flexibility index (Phi) is 4.99. The number of aryl methyl sites for hydroxylation is 1. The van der Waals surface area contributed by atoms with Crippen molar-refractivity contribution in [3.63, 3.8) is 0 Å². The number of carbonyl (C=O) groups is 1. The predicted octanol–water partition coefficient (Wildman–Crippen LogP) is 3.95. The Labute approximate surface area is 149 Å². The summed E-state index contributed by atoms with van der Waals surface area (Å²) in [6, 6.07) is 9.07. The van der Waals surface area contributed by atoms with Crippen LogP contribution in [-0.4, -0.2) is 22.1 Å². The number of fused-ring (bicyclic) bond motifs is 1. The maximum atomic E-state index is 13.1. The van der Waals surface area contributed by atoms with Gasteiger partial charge in [0.1, 0.15) is 10.9 Å². The summed E-state index contributed by atoms with van der Waals surface area (Å²) in [6.07, 6.45) is 2.18. The smallest absolute Gasteiger partial charge is 0.328 e. The molecular formula is C19H20N2O3S. The van der Waals surface area contributed by atoms with Crippen molar-refractivity contribution in [2.75, 3.05) is 6.61 Å². The molecule has 0 N–H and O–H groups in total. The minimum atomic E-state index is -0.709. The summed E-state index contributed by atoms with van der Waals surface area (Å²) in [5.41, 5.74) is 1.65. The highest BCUT2D eigenvalue weighted by Crippen LogP contribution is 2.35. The van der Waals surface area contributed by atoms with Crippen molar-refractivity contribution in [1.82, 2.24) is 9.55 Å². The van der Waals surface area contributed by atoms with Gasteiger partial charge < -0.3 is 4.74 Å².